The van der Waals surface area contributed by atoms with Gasteiger partial charge in [0.25, 0.3) is 0 Å². The molecule has 6 heteroatoms. The van der Waals surface area contributed by atoms with Gasteiger partial charge in [-0.15, -0.1) is 0 Å². The molecule has 1 aromatic carbocycles. The maximum absolute atomic E-state index is 11.8. The molecule has 0 heterocycles. The van der Waals surface area contributed by atoms with Crippen molar-refractivity contribution >= 4 is 16.0 Å². The normalized spacial score (nSPS) is 11.6. The highest BCUT2D eigenvalue weighted by Gasteiger charge is 2.15. The van der Waals surface area contributed by atoms with Crippen LogP contribution in [0.3, 0.4) is 0 Å². The molecular weight excluding hydrogens is 266 g/mol. The number of esters is 1. The molecule has 0 fully saturated rings. The molecule has 0 amide bonds. The lowest BCUT2D eigenvalue weighted by Gasteiger charge is -2.09. The predicted octanol–water partition coefficient (Wildman–Crippen LogP) is 1.85. The minimum Gasteiger partial charge on any atom is -0.462 e. The summed E-state index contributed by atoms with van der Waals surface area (Å²) in [4.78, 5) is 11.7. The molecule has 0 unspecified atom stereocenters. The molecule has 0 aromatic heterocycles. The lowest BCUT2D eigenvalue weighted by atomic mass is 10.1. The van der Waals surface area contributed by atoms with Crippen LogP contribution in [-0.4, -0.2) is 21.0 Å². The first-order valence-corrected chi connectivity index (χ1v) is 7.57. The van der Waals surface area contributed by atoms with E-state index >= 15 is 0 Å². The highest BCUT2D eigenvalue weighted by atomic mass is 32.2. The lowest BCUT2D eigenvalue weighted by molar-refractivity contribution is 0.0488. The number of benzene rings is 1. The van der Waals surface area contributed by atoms with Gasteiger partial charge < -0.3 is 4.74 Å². The number of ether oxygens (including phenoxy) is 1. The number of carbonyl (C=O) groups excluding carboxylic acids is 1. The van der Waals surface area contributed by atoms with Crippen molar-refractivity contribution in [2.75, 3.05) is 6.61 Å². The van der Waals surface area contributed by atoms with Crippen LogP contribution in [0.5, 0.6) is 0 Å². The largest absolute Gasteiger partial charge is 0.462 e. The van der Waals surface area contributed by atoms with E-state index in [1.165, 1.54) is 12.1 Å². The van der Waals surface area contributed by atoms with E-state index in [0.29, 0.717) is 18.1 Å². The lowest BCUT2D eigenvalue weighted by Crippen LogP contribution is -2.15. The van der Waals surface area contributed by atoms with E-state index in [-0.39, 0.29) is 10.5 Å². The van der Waals surface area contributed by atoms with Crippen molar-refractivity contribution in [2.45, 2.75) is 32.1 Å². The molecule has 0 aliphatic carbocycles. The Balaban J connectivity index is 2.88. The summed E-state index contributed by atoms with van der Waals surface area (Å²) in [5, 5.41) is 5.09. The van der Waals surface area contributed by atoms with Crippen LogP contribution < -0.4 is 5.14 Å². The van der Waals surface area contributed by atoms with Crippen LogP contribution in [0.2, 0.25) is 0 Å². The smallest absolute Gasteiger partial charge is 0.338 e. The number of aryl methyl sites for hydroxylation is 1. The number of nitrogens with two attached hydrogens (primary N) is 1. The van der Waals surface area contributed by atoms with Gasteiger partial charge in [0.15, 0.2) is 0 Å². The van der Waals surface area contributed by atoms with Gasteiger partial charge in [0, 0.05) is 0 Å². The van der Waals surface area contributed by atoms with Crippen LogP contribution in [0.25, 0.3) is 0 Å². The monoisotopic (exact) mass is 285 g/mol. The molecule has 19 heavy (non-hydrogen) atoms. The molecule has 106 valence electrons. The average molecular weight is 285 g/mol. The molecule has 0 saturated carbocycles. The number of hydrogen-bond acceptors (Lipinski definition) is 4. The summed E-state index contributed by atoms with van der Waals surface area (Å²) in [6, 6.07) is 4.32. The highest BCUT2D eigenvalue weighted by molar-refractivity contribution is 7.89. The molecule has 0 atom stereocenters. The number of hydrogen-bond donors (Lipinski definition) is 1. The second-order valence-electron chi connectivity index (χ2n) is 4.84. The van der Waals surface area contributed by atoms with E-state index in [9.17, 15) is 13.2 Å². The van der Waals surface area contributed by atoms with Gasteiger partial charge in [-0.2, -0.15) is 0 Å². The minimum atomic E-state index is -3.83. The van der Waals surface area contributed by atoms with Crippen molar-refractivity contribution in [1.82, 2.24) is 0 Å². The highest BCUT2D eigenvalue weighted by Crippen LogP contribution is 2.16. The maximum atomic E-state index is 11.8. The zero-order chi connectivity index (χ0) is 14.6. The third-order valence-electron chi connectivity index (χ3n) is 2.66. The van der Waals surface area contributed by atoms with E-state index in [4.69, 9.17) is 9.88 Å². The number of carbonyl (C=O) groups is 1. The van der Waals surface area contributed by atoms with Crippen LogP contribution in [0.15, 0.2) is 23.1 Å². The van der Waals surface area contributed by atoms with Gasteiger partial charge in [-0.05, 0) is 37.0 Å². The summed E-state index contributed by atoms with van der Waals surface area (Å²) >= 11 is 0. The van der Waals surface area contributed by atoms with E-state index in [2.05, 4.69) is 0 Å². The SMILES string of the molecule is Cc1ccc(C(=O)OCCC(C)C)cc1S(N)(=O)=O. The van der Waals surface area contributed by atoms with E-state index < -0.39 is 16.0 Å². The van der Waals surface area contributed by atoms with Gasteiger partial charge in [-0.1, -0.05) is 19.9 Å². The van der Waals surface area contributed by atoms with Crippen LogP contribution in [0.4, 0.5) is 0 Å². The van der Waals surface area contributed by atoms with Gasteiger partial charge in [-0.25, -0.2) is 18.4 Å². The van der Waals surface area contributed by atoms with Crippen molar-refractivity contribution < 1.29 is 17.9 Å². The van der Waals surface area contributed by atoms with E-state index in [0.717, 1.165) is 6.42 Å². The summed E-state index contributed by atoms with van der Waals surface area (Å²) in [5.74, 6) is -0.101. The third-order valence-corrected chi connectivity index (χ3v) is 3.71. The Morgan fingerprint density at radius 1 is 1.37 bits per heavy atom. The number of primary sulfonamides is 1. The molecule has 1 rings (SSSR count). The fourth-order valence-corrected chi connectivity index (χ4v) is 2.31. The fourth-order valence-electron chi connectivity index (χ4n) is 1.50. The van der Waals surface area contributed by atoms with Crippen LogP contribution in [0, 0.1) is 12.8 Å². The summed E-state index contributed by atoms with van der Waals surface area (Å²) < 4.78 is 27.8. The standard InChI is InChI=1S/C13H19NO4S/c1-9(2)6-7-18-13(15)11-5-4-10(3)12(8-11)19(14,16)17/h4-5,8-9H,6-7H2,1-3H3,(H2,14,16,17). The minimum absolute atomic E-state index is 0.0502. The molecule has 1 aromatic rings. The molecule has 0 aliphatic heterocycles. The first-order valence-electron chi connectivity index (χ1n) is 6.02. The van der Waals surface area contributed by atoms with Crippen molar-refractivity contribution in [2.24, 2.45) is 11.1 Å². The maximum Gasteiger partial charge on any atom is 0.338 e. The zero-order valence-electron chi connectivity index (χ0n) is 11.3. The van der Waals surface area contributed by atoms with Gasteiger partial charge in [0.2, 0.25) is 10.0 Å². The summed E-state index contributed by atoms with van der Waals surface area (Å²) in [5.41, 5.74) is 0.694. The predicted molar refractivity (Wildman–Crippen MR) is 72.3 cm³/mol. The van der Waals surface area contributed by atoms with Gasteiger partial charge in [-0.3, -0.25) is 0 Å². The molecule has 2 N–H and O–H groups in total. The summed E-state index contributed by atoms with van der Waals surface area (Å²) in [6.45, 7) is 5.99. The van der Waals surface area contributed by atoms with Crippen molar-refractivity contribution in [3.8, 4) is 0 Å². The number of sulfonamides is 1. The summed E-state index contributed by atoms with van der Waals surface area (Å²) in [7, 11) is -3.83. The first kappa shape index (κ1) is 15.7. The Kier molecular flexibility index (Phi) is 5.08. The van der Waals surface area contributed by atoms with Crippen molar-refractivity contribution in [3.63, 3.8) is 0 Å². The summed E-state index contributed by atoms with van der Waals surface area (Å²) in [6.07, 6.45) is 0.764. The Morgan fingerprint density at radius 2 is 2.00 bits per heavy atom. The molecule has 0 aliphatic rings. The van der Waals surface area contributed by atoms with Crippen molar-refractivity contribution in [1.29, 1.82) is 0 Å². The Morgan fingerprint density at radius 3 is 2.53 bits per heavy atom. The van der Waals surface area contributed by atoms with Crippen molar-refractivity contribution in [3.05, 3.63) is 29.3 Å². The van der Waals surface area contributed by atoms with E-state index in [1.807, 2.05) is 13.8 Å². The Labute approximate surface area is 113 Å². The topological polar surface area (TPSA) is 86.5 Å². The van der Waals surface area contributed by atoms with Gasteiger partial charge in [0.05, 0.1) is 17.1 Å². The Bertz CT molecular complexity index is 564. The second kappa shape index (κ2) is 6.16. The molecule has 0 saturated heterocycles. The van der Waals surface area contributed by atoms with Crippen LogP contribution in [-0.2, 0) is 14.8 Å². The van der Waals surface area contributed by atoms with Crippen LogP contribution in [0.1, 0.15) is 36.2 Å². The molecule has 0 bridgehead atoms. The first-order chi connectivity index (χ1) is 8.71. The average Bonchev–Trinajstić information content (AvgIpc) is 2.27. The molecule has 5 nitrogen and oxygen atoms in total. The van der Waals surface area contributed by atoms with Gasteiger partial charge >= 0.3 is 5.97 Å². The molecule has 0 spiro atoms. The second-order valence-corrected chi connectivity index (χ2v) is 6.37. The fraction of sp³-hybridized carbons (Fsp3) is 0.462. The quantitative estimate of drug-likeness (QED) is 0.836. The van der Waals surface area contributed by atoms with Gasteiger partial charge in [0.1, 0.15) is 0 Å². The number of rotatable bonds is 5. The van der Waals surface area contributed by atoms with Crippen LogP contribution >= 0.6 is 0 Å². The van der Waals surface area contributed by atoms with E-state index in [1.54, 1.807) is 13.0 Å². The molecule has 0 radical (unpaired) electrons. The zero-order valence-corrected chi connectivity index (χ0v) is 12.2. The Hall–Kier alpha value is -1.40. The third kappa shape index (κ3) is 4.65. The molecular formula is C13H19NO4S.